The first-order chi connectivity index (χ1) is 18.0. The van der Waals surface area contributed by atoms with Gasteiger partial charge in [-0.25, -0.2) is 4.99 Å². The maximum absolute atomic E-state index is 13.2. The summed E-state index contributed by atoms with van der Waals surface area (Å²) >= 11 is 0. The van der Waals surface area contributed by atoms with Gasteiger partial charge >= 0.3 is 5.97 Å². The molecule has 10 heteroatoms. The van der Waals surface area contributed by atoms with Crippen LogP contribution in [0.5, 0.6) is 0 Å². The van der Waals surface area contributed by atoms with Crippen LogP contribution in [0.2, 0.25) is 0 Å². The van der Waals surface area contributed by atoms with E-state index in [9.17, 15) is 9.59 Å². The van der Waals surface area contributed by atoms with E-state index in [4.69, 9.17) is 14.6 Å². The van der Waals surface area contributed by atoms with Crippen LogP contribution in [0.4, 0.5) is 0 Å². The third-order valence-corrected chi connectivity index (χ3v) is 6.15. The summed E-state index contributed by atoms with van der Waals surface area (Å²) in [5.41, 5.74) is 2.58. The largest absolute Gasteiger partial charge is 0.480 e. The highest BCUT2D eigenvalue weighted by Gasteiger charge is 2.28. The Kier molecular flexibility index (Phi) is 8.42. The molecule has 1 fully saturated rings. The first kappa shape index (κ1) is 25.8. The predicted octanol–water partition coefficient (Wildman–Crippen LogP) is 2.62. The number of nitrogens with one attached hydrogen (secondary N) is 1. The number of carboxylic acids is 1. The van der Waals surface area contributed by atoms with Gasteiger partial charge in [0.05, 0.1) is 25.6 Å². The molecule has 1 atom stereocenters. The third-order valence-electron chi connectivity index (χ3n) is 6.15. The lowest BCUT2D eigenvalue weighted by molar-refractivity contribution is -0.135. The van der Waals surface area contributed by atoms with Crippen molar-refractivity contribution >= 4 is 28.9 Å². The van der Waals surface area contributed by atoms with E-state index in [0.29, 0.717) is 25.2 Å². The number of aliphatic imine (C=N–C) groups is 1. The standard InChI is InChI=1S/C27H29N5O5/c1-36-21-10-11-32(17-21)27(35)23-13-20(12-19-8-5-7-18-6-3-4-9-22(18)19)24(31-30-23)14-29-25(37-2)15-28-16-26(33)34/h3-9,13-15,21,28H,10-12,16-17H2,1-2H3,(H,33,34). The van der Waals surface area contributed by atoms with Crippen LogP contribution in [0.3, 0.4) is 0 Å². The van der Waals surface area contributed by atoms with Crippen molar-refractivity contribution < 1.29 is 24.2 Å². The van der Waals surface area contributed by atoms with Crippen LogP contribution in [0.1, 0.15) is 33.7 Å². The van der Waals surface area contributed by atoms with E-state index >= 15 is 0 Å². The van der Waals surface area contributed by atoms with Crippen LogP contribution in [-0.4, -0.2) is 78.3 Å². The van der Waals surface area contributed by atoms with E-state index in [0.717, 1.165) is 28.3 Å². The van der Waals surface area contributed by atoms with Gasteiger partial charge in [-0.05, 0) is 34.4 Å². The molecule has 2 aromatic carbocycles. The molecule has 37 heavy (non-hydrogen) atoms. The zero-order chi connectivity index (χ0) is 26.2. The summed E-state index contributed by atoms with van der Waals surface area (Å²) in [5.74, 6) is -1.03. The summed E-state index contributed by atoms with van der Waals surface area (Å²) in [6.07, 6.45) is 4.16. The lowest BCUT2D eigenvalue weighted by Crippen LogP contribution is -2.31. The number of ether oxygens (including phenoxy) is 2. The smallest absolute Gasteiger partial charge is 0.322 e. The van der Waals surface area contributed by atoms with Gasteiger partial charge in [0.1, 0.15) is 12.2 Å². The van der Waals surface area contributed by atoms with Crippen molar-refractivity contribution in [1.82, 2.24) is 20.4 Å². The van der Waals surface area contributed by atoms with Crippen LogP contribution in [-0.2, 0) is 20.7 Å². The Morgan fingerprint density at radius 3 is 2.73 bits per heavy atom. The number of rotatable bonds is 10. The molecule has 3 aromatic rings. The molecule has 1 aliphatic heterocycles. The van der Waals surface area contributed by atoms with Gasteiger partial charge in [-0.2, -0.15) is 0 Å². The van der Waals surface area contributed by atoms with Gasteiger partial charge in [0.15, 0.2) is 5.69 Å². The van der Waals surface area contributed by atoms with Crippen molar-refractivity contribution in [2.75, 3.05) is 33.9 Å². The van der Waals surface area contributed by atoms with Gasteiger partial charge in [0.2, 0.25) is 5.88 Å². The van der Waals surface area contributed by atoms with E-state index in [-0.39, 0.29) is 30.1 Å². The molecule has 0 bridgehead atoms. The summed E-state index contributed by atoms with van der Waals surface area (Å²) in [5, 5.41) is 22.2. The molecule has 0 spiro atoms. The summed E-state index contributed by atoms with van der Waals surface area (Å²) in [6.45, 7) is 0.849. The molecule has 1 saturated heterocycles. The molecular formula is C27H29N5O5. The zero-order valence-electron chi connectivity index (χ0n) is 20.8. The Hall–Kier alpha value is -4.31. The summed E-state index contributed by atoms with van der Waals surface area (Å²) < 4.78 is 10.6. The number of hydrogen-bond donors (Lipinski definition) is 2. The molecule has 192 valence electrons. The van der Waals surface area contributed by atoms with Crippen molar-refractivity contribution in [3.63, 3.8) is 0 Å². The number of carboxylic acid groups (broad SMARTS) is 1. The Morgan fingerprint density at radius 2 is 1.97 bits per heavy atom. The fourth-order valence-electron chi connectivity index (χ4n) is 4.21. The maximum atomic E-state index is 13.2. The van der Waals surface area contributed by atoms with E-state index in [1.807, 2.05) is 24.3 Å². The number of aromatic nitrogens is 2. The number of nitrogens with zero attached hydrogens (tertiary/aromatic N) is 4. The molecule has 2 heterocycles. The first-order valence-corrected chi connectivity index (χ1v) is 11.9. The highest BCUT2D eigenvalue weighted by molar-refractivity contribution is 5.93. The minimum atomic E-state index is -1.01. The normalized spacial score (nSPS) is 15.9. The molecule has 0 radical (unpaired) electrons. The second-order valence-corrected chi connectivity index (χ2v) is 8.57. The second-order valence-electron chi connectivity index (χ2n) is 8.57. The third kappa shape index (κ3) is 6.47. The molecule has 1 aromatic heterocycles. The van der Waals surface area contributed by atoms with E-state index in [2.05, 4.69) is 38.7 Å². The number of likely N-dealkylation sites (tertiary alicyclic amines) is 1. The summed E-state index contributed by atoms with van der Waals surface area (Å²) in [7, 11) is 3.08. The van der Waals surface area contributed by atoms with E-state index in [1.54, 1.807) is 18.1 Å². The minimum absolute atomic E-state index is 0.0208. The van der Waals surface area contributed by atoms with Crippen molar-refractivity contribution in [3.05, 3.63) is 83.1 Å². The van der Waals surface area contributed by atoms with Gasteiger partial charge in [-0.15, -0.1) is 10.2 Å². The average molecular weight is 504 g/mol. The van der Waals surface area contributed by atoms with Gasteiger partial charge in [-0.1, -0.05) is 42.5 Å². The molecule has 1 aliphatic rings. The zero-order valence-corrected chi connectivity index (χ0v) is 20.8. The summed E-state index contributed by atoms with van der Waals surface area (Å²) in [6, 6.07) is 16.0. The Bertz CT molecular complexity index is 1330. The van der Waals surface area contributed by atoms with E-state index in [1.165, 1.54) is 19.5 Å². The molecule has 1 unspecified atom stereocenters. The predicted molar refractivity (Wildman–Crippen MR) is 138 cm³/mol. The van der Waals surface area contributed by atoms with Gasteiger partial charge in [-0.3, -0.25) is 9.59 Å². The van der Waals surface area contributed by atoms with Crippen molar-refractivity contribution in [2.45, 2.75) is 18.9 Å². The molecule has 0 saturated carbocycles. The van der Waals surface area contributed by atoms with Gasteiger partial charge < -0.3 is 24.8 Å². The molecule has 4 rings (SSSR count). The van der Waals surface area contributed by atoms with Crippen LogP contribution in [0.15, 0.2) is 65.6 Å². The quantitative estimate of drug-likeness (QED) is 0.319. The molecule has 10 nitrogen and oxygen atoms in total. The Labute approximate surface area is 214 Å². The van der Waals surface area contributed by atoms with Gasteiger partial charge in [0.25, 0.3) is 5.91 Å². The van der Waals surface area contributed by atoms with Gasteiger partial charge in [0, 0.05) is 26.6 Å². The number of methoxy groups -OCH3 is 2. The number of amides is 1. The Morgan fingerprint density at radius 1 is 1.16 bits per heavy atom. The topological polar surface area (TPSA) is 126 Å². The second kappa shape index (κ2) is 12.1. The molecule has 1 amide bonds. The number of fused-ring (bicyclic) bond motifs is 1. The number of carbonyl (C=O) groups is 2. The summed E-state index contributed by atoms with van der Waals surface area (Å²) in [4.78, 5) is 29.9. The highest BCUT2D eigenvalue weighted by Crippen LogP contribution is 2.23. The van der Waals surface area contributed by atoms with Crippen molar-refractivity contribution in [3.8, 4) is 0 Å². The fourth-order valence-corrected chi connectivity index (χ4v) is 4.21. The van der Waals surface area contributed by atoms with Crippen LogP contribution in [0.25, 0.3) is 10.8 Å². The lowest BCUT2D eigenvalue weighted by Gasteiger charge is -2.16. The molecule has 0 aliphatic carbocycles. The van der Waals surface area contributed by atoms with Crippen LogP contribution in [0, 0.1) is 0 Å². The average Bonchev–Trinajstić information content (AvgIpc) is 3.40. The van der Waals surface area contributed by atoms with Crippen LogP contribution >= 0.6 is 0 Å². The Balaban J connectivity index is 1.67. The van der Waals surface area contributed by atoms with E-state index < -0.39 is 5.97 Å². The number of carbonyl (C=O) groups excluding carboxylic acids is 1. The SMILES string of the molecule is COC(=CNCC(=O)O)N=Cc1nnc(C(=O)N2CCC(OC)C2)cc1Cc1cccc2ccccc12. The van der Waals surface area contributed by atoms with Crippen LogP contribution < -0.4 is 5.32 Å². The minimum Gasteiger partial charge on any atom is -0.480 e. The highest BCUT2D eigenvalue weighted by atomic mass is 16.5. The lowest BCUT2D eigenvalue weighted by atomic mass is 9.97. The molecule has 2 N–H and O–H groups in total. The van der Waals surface area contributed by atoms with Crippen molar-refractivity contribution in [2.24, 2.45) is 4.99 Å². The monoisotopic (exact) mass is 503 g/mol. The molecular weight excluding hydrogens is 474 g/mol. The number of hydrogen-bond acceptors (Lipinski definition) is 8. The number of benzene rings is 2. The fraction of sp³-hybridized carbons (Fsp3) is 0.296. The number of aliphatic carboxylic acids is 1. The maximum Gasteiger partial charge on any atom is 0.322 e. The van der Waals surface area contributed by atoms with Crippen molar-refractivity contribution in [1.29, 1.82) is 0 Å². The first-order valence-electron chi connectivity index (χ1n) is 11.9.